The average molecular weight is 358 g/mol. The smallest absolute Gasteiger partial charge is 0.191 e. The lowest BCUT2D eigenvalue weighted by Crippen LogP contribution is -2.45. The van der Waals surface area contributed by atoms with Crippen LogP contribution in [-0.2, 0) is 6.42 Å². The van der Waals surface area contributed by atoms with Gasteiger partial charge in [-0.25, -0.2) is 0 Å². The lowest BCUT2D eigenvalue weighted by molar-refractivity contribution is 0.275. The van der Waals surface area contributed by atoms with E-state index in [1.165, 1.54) is 56.3 Å². The summed E-state index contributed by atoms with van der Waals surface area (Å²) in [5, 5.41) is 7.06. The lowest BCUT2D eigenvalue weighted by Gasteiger charge is -2.21. The van der Waals surface area contributed by atoms with E-state index in [9.17, 15) is 0 Å². The van der Waals surface area contributed by atoms with Crippen molar-refractivity contribution in [2.24, 2.45) is 10.9 Å². The molecule has 2 heterocycles. The number of nitrogens with zero attached hydrogens (tertiary/aromatic N) is 3. The average Bonchev–Trinajstić information content (AvgIpc) is 3.29. The maximum absolute atomic E-state index is 4.80. The zero-order chi connectivity index (χ0) is 18.2. The summed E-state index contributed by atoms with van der Waals surface area (Å²) in [4.78, 5) is 11.6. The minimum Gasteiger partial charge on any atom is -0.357 e. The molecule has 0 bridgehead atoms. The van der Waals surface area contributed by atoms with Crippen molar-refractivity contribution in [1.82, 2.24) is 20.5 Å². The molecule has 0 radical (unpaired) electrons. The minimum absolute atomic E-state index is 0.525. The molecule has 1 aromatic heterocycles. The molecular weight excluding hydrogens is 322 g/mol. The summed E-state index contributed by atoms with van der Waals surface area (Å²) in [5.41, 5.74) is 2.59. The van der Waals surface area contributed by atoms with Crippen LogP contribution < -0.4 is 10.6 Å². The van der Waals surface area contributed by atoms with Crippen LogP contribution in [0.4, 0.5) is 0 Å². The van der Waals surface area contributed by atoms with E-state index in [1.54, 1.807) is 0 Å². The molecule has 1 unspecified atom stereocenters. The molecule has 1 aromatic rings. The number of hydrogen-bond acceptors (Lipinski definition) is 3. The quantitative estimate of drug-likeness (QED) is 0.582. The largest absolute Gasteiger partial charge is 0.357 e. The molecule has 5 nitrogen and oxygen atoms in total. The third kappa shape index (κ3) is 5.70. The first kappa shape index (κ1) is 19.2. The van der Waals surface area contributed by atoms with Crippen molar-refractivity contribution in [2.45, 2.75) is 58.4 Å². The Bertz CT molecular complexity index is 580. The second-order valence-corrected chi connectivity index (χ2v) is 7.85. The lowest BCUT2D eigenvalue weighted by atomic mass is 10.1. The van der Waals surface area contributed by atoms with E-state index in [0.717, 1.165) is 37.9 Å². The number of guanidine groups is 1. The van der Waals surface area contributed by atoms with Gasteiger partial charge in [0.2, 0.25) is 0 Å². The molecule has 0 amide bonds. The van der Waals surface area contributed by atoms with Crippen molar-refractivity contribution >= 4 is 5.96 Å². The van der Waals surface area contributed by atoms with E-state index < -0.39 is 0 Å². The summed E-state index contributed by atoms with van der Waals surface area (Å²) in [6, 6.07) is 2.63. The van der Waals surface area contributed by atoms with Crippen LogP contribution in [0, 0.1) is 12.8 Å². The van der Waals surface area contributed by atoms with Crippen molar-refractivity contribution in [1.29, 1.82) is 0 Å². The van der Waals surface area contributed by atoms with Crippen LogP contribution in [0.2, 0.25) is 0 Å². The molecule has 3 rings (SSSR count). The van der Waals surface area contributed by atoms with Crippen LogP contribution in [-0.4, -0.2) is 54.6 Å². The summed E-state index contributed by atoms with van der Waals surface area (Å²) in [7, 11) is 0. The zero-order valence-corrected chi connectivity index (χ0v) is 16.5. The van der Waals surface area contributed by atoms with E-state index >= 15 is 0 Å². The Hall–Kier alpha value is -1.62. The molecule has 0 aromatic carbocycles. The first-order valence-electron chi connectivity index (χ1n) is 10.4. The van der Waals surface area contributed by atoms with Crippen LogP contribution in [0.25, 0.3) is 0 Å². The molecule has 1 saturated carbocycles. The van der Waals surface area contributed by atoms with Crippen LogP contribution in [0.3, 0.4) is 0 Å². The Morgan fingerprint density at radius 3 is 2.92 bits per heavy atom. The highest BCUT2D eigenvalue weighted by Crippen LogP contribution is 2.26. The molecule has 5 heteroatoms. The van der Waals surface area contributed by atoms with Crippen LogP contribution in [0.15, 0.2) is 23.5 Å². The maximum atomic E-state index is 4.80. The summed E-state index contributed by atoms with van der Waals surface area (Å²) < 4.78 is 0. The van der Waals surface area contributed by atoms with E-state index in [2.05, 4.69) is 40.4 Å². The SMILES string of the molecule is CCNC(=NCCc1ccncc1C)NC1CCN(CC2CCCC2)C1. The van der Waals surface area contributed by atoms with E-state index in [4.69, 9.17) is 4.99 Å². The standard InChI is InChI=1S/C21H35N5/c1-3-23-21(24-12-9-19-8-11-22-14-17(19)2)25-20-10-13-26(16-20)15-18-6-4-5-7-18/h8,11,14,18,20H,3-7,9-10,12-13,15-16H2,1-2H3,(H2,23,24,25). The highest BCUT2D eigenvalue weighted by Gasteiger charge is 2.26. The normalized spacial score (nSPS) is 22.1. The van der Waals surface area contributed by atoms with Gasteiger partial charge < -0.3 is 15.5 Å². The third-order valence-corrected chi connectivity index (χ3v) is 5.74. The van der Waals surface area contributed by atoms with Gasteiger partial charge in [0.25, 0.3) is 0 Å². The molecule has 2 N–H and O–H groups in total. The van der Waals surface area contributed by atoms with Crippen LogP contribution in [0.5, 0.6) is 0 Å². The highest BCUT2D eigenvalue weighted by molar-refractivity contribution is 5.80. The predicted octanol–water partition coefficient (Wildman–Crippen LogP) is 2.75. The van der Waals surface area contributed by atoms with Gasteiger partial charge >= 0.3 is 0 Å². The van der Waals surface area contributed by atoms with E-state index in [1.807, 2.05) is 12.4 Å². The predicted molar refractivity (Wildman–Crippen MR) is 109 cm³/mol. The Labute approximate surface area is 158 Å². The molecule has 1 aliphatic heterocycles. The fraction of sp³-hybridized carbons (Fsp3) is 0.714. The Morgan fingerprint density at radius 1 is 1.31 bits per heavy atom. The van der Waals surface area contributed by atoms with Gasteiger partial charge in [-0.15, -0.1) is 0 Å². The summed E-state index contributed by atoms with van der Waals surface area (Å²) in [6.07, 6.45) is 11.7. The van der Waals surface area contributed by atoms with Crippen LogP contribution >= 0.6 is 0 Å². The Morgan fingerprint density at radius 2 is 2.15 bits per heavy atom. The molecule has 1 aliphatic carbocycles. The monoisotopic (exact) mass is 357 g/mol. The van der Waals surface area contributed by atoms with E-state index in [-0.39, 0.29) is 0 Å². The molecule has 0 spiro atoms. The van der Waals surface area contributed by atoms with Crippen molar-refractivity contribution in [2.75, 3.05) is 32.7 Å². The zero-order valence-electron chi connectivity index (χ0n) is 16.5. The van der Waals surface area contributed by atoms with E-state index in [0.29, 0.717) is 6.04 Å². The van der Waals surface area contributed by atoms with Gasteiger partial charge in [0.15, 0.2) is 5.96 Å². The van der Waals surface area contributed by atoms with Gasteiger partial charge in [-0.3, -0.25) is 9.98 Å². The molecule has 2 aliphatic rings. The third-order valence-electron chi connectivity index (χ3n) is 5.74. The van der Waals surface area contributed by atoms with Gasteiger partial charge in [0.1, 0.15) is 0 Å². The van der Waals surface area contributed by atoms with Crippen molar-refractivity contribution in [3.05, 3.63) is 29.6 Å². The summed E-state index contributed by atoms with van der Waals surface area (Å²) in [6.45, 7) is 9.64. The molecular formula is C21H35N5. The Balaban J connectivity index is 1.46. The second kappa shape index (κ2) is 9.91. The van der Waals surface area contributed by atoms with Gasteiger partial charge in [-0.2, -0.15) is 0 Å². The molecule has 144 valence electrons. The number of aliphatic imine (C=N–C) groups is 1. The number of nitrogens with one attached hydrogen (secondary N) is 2. The van der Waals surface area contributed by atoms with Gasteiger partial charge in [-0.1, -0.05) is 12.8 Å². The minimum atomic E-state index is 0.525. The maximum Gasteiger partial charge on any atom is 0.191 e. The van der Waals surface area contributed by atoms with Gasteiger partial charge in [-0.05, 0) is 62.6 Å². The van der Waals surface area contributed by atoms with Crippen LogP contribution in [0.1, 0.15) is 50.2 Å². The van der Waals surface area contributed by atoms with Crippen molar-refractivity contribution in [3.63, 3.8) is 0 Å². The summed E-state index contributed by atoms with van der Waals surface area (Å²) in [5.74, 6) is 1.91. The van der Waals surface area contributed by atoms with Gasteiger partial charge in [0, 0.05) is 51.2 Å². The number of aromatic nitrogens is 1. The first-order chi connectivity index (χ1) is 12.7. The van der Waals surface area contributed by atoms with Crippen molar-refractivity contribution < 1.29 is 0 Å². The fourth-order valence-corrected chi connectivity index (χ4v) is 4.26. The topological polar surface area (TPSA) is 52.6 Å². The number of hydrogen-bond donors (Lipinski definition) is 2. The number of likely N-dealkylation sites (tertiary alicyclic amines) is 1. The highest BCUT2D eigenvalue weighted by atomic mass is 15.2. The molecule has 1 atom stereocenters. The molecule has 1 saturated heterocycles. The fourth-order valence-electron chi connectivity index (χ4n) is 4.26. The molecule has 2 fully saturated rings. The Kier molecular flexibility index (Phi) is 7.30. The first-order valence-corrected chi connectivity index (χ1v) is 10.4. The number of pyridine rings is 1. The second-order valence-electron chi connectivity index (χ2n) is 7.85. The number of aryl methyl sites for hydroxylation is 1. The summed E-state index contributed by atoms with van der Waals surface area (Å²) >= 11 is 0. The molecule has 26 heavy (non-hydrogen) atoms. The van der Waals surface area contributed by atoms with Crippen molar-refractivity contribution in [3.8, 4) is 0 Å². The van der Waals surface area contributed by atoms with Gasteiger partial charge in [0.05, 0.1) is 0 Å². The number of rotatable bonds is 7.